The highest BCUT2D eigenvalue weighted by atomic mass is 16.6. The number of hydrogen-bond donors (Lipinski definition) is 1. The monoisotopic (exact) mass is 322 g/mol. The van der Waals surface area contributed by atoms with Gasteiger partial charge in [-0.05, 0) is 29.9 Å². The number of benzene rings is 2. The van der Waals surface area contributed by atoms with E-state index < -0.39 is 11.6 Å². The van der Waals surface area contributed by atoms with Gasteiger partial charge in [0.05, 0.1) is 6.08 Å². The van der Waals surface area contributed by atoms with Crippen LogP contribution in [0.25, 0.3) is 0 Å². The smallest absolute Gasteiger partial charge is 0.335 e. The zero-order valence-electron chi connectivity index (χ0n) is 13.8. The van der Waals surface area contributed by atoms with Gasteiger partial charge in [0.1, 0.15) is 11.4 Å². The van der Waals surface area contributed by atoms with E-state index in [0.29, 0.717) is 18.8 Å². The minimum atomic E-state index is -0.791. The second-order valence-electron chi connectivity index (χ2n) is 6.44. The summed E-state index contributed by atoms with van der Waals surface area (Å²) in [5, 5.41) is 10.0. The highest BCUT2D eigenvalue weighted by Crippen LogP contribution is 2.41. The van der Waals surface area contributed by atoms with Crippen molar-refractivity contribution in [2.45, 2.75) is 37.7 Å². The zero-order chi connectivity index (χ0) is 17.0. The quantitative estimate of drug-likeness (QED) is 0.800. The van der Waals surface area contributed by atoms with Crippen LogP contribution in [0.5, 0.6) is 0 Å². The molecule has 0 saturated heterocycles. The van der Waals surface area contributed by atoms with Crippen LogP contribution in [0.2, 0.25) is 0 Å². The number of ether oxygens (including phenoxy) is 1. The van der Waals surface area contributed by atoms with Gasteiger partial charge in [-0.2, -0.15) is 0 Å². The lowest BCUT2D eigenvalue weighted by molar-refractivity contribution is -0.159. The molecule has 1 heterocycles. The lowest BCUT2D eigenvalue weighted by atomic mass is 9.81. The Kier molecular flexibility index (Phi) is 4.70. The summed E-state index contributed by atoms with van der Waals surface area (Å²) >= 11 is 0. The summed E-state index contributed by atoms with van der Waals surface area (Å²) < 4.78 is 5.74. The SMILES string of the molecule is CC(CCC1(c2ccccc2)CC(O)=CC(=O)O1)c1ccccc1. The fourth-order valence-corrected chi connectivity index (χ4v) is 3.32. The first-order valence-corrected chi connectivity index (χ1v) is 8.32. The molecule has 24 heavy (non-hydrogen) atoms. The number of carbonyl (C=O) groups excluding carboxylic acids is 1. The highest BCUT2D eigenvalue weighted by molar-refractivity contribution is 5.84. The second-order valence-corrected chi connectivity index (χ2v) is 6.44. The molecule has 2 unspecified atom stereocenters. The summed E-state index contributed by atoms with van der Waals surface area (Å²) in [6.45, 7) is 2.17. The van der Waals surface area contributed by atoms with Gasteiger partial charge < -0.3 is 9.84 Å². The molecular formula is C21H22O3. The van der Waals surface area contributed by atoms with Crippen LogP contribution in [0.1, 0.15) is 43.2 Å². The van der Waals surface area contributed by atoms with Crippen molar-refractivity contribution in [1.82, 2.24) is 0 Å². The zero-order valence-corrected chi connectivity index (χ0v) is 13.8. The first-order valence-electron chi connectivity index (χ1n) is 8.32. The molecule has 2 aromatic carbocycles. The predicted molar refractivity (Wildman–Crippen MR) is 93.6 cm³/mol. The van der Waals surface area contributed by atoms with Crippen LogP contribution < -0.4 is 0 Å². The molecule has 0 amide bonds. The normalized spacial score (nSPS) is 21.7. The molecule has 1 N–H and O–H groups in total. The number of carbonyl (C=O) groups is 1. The molecule has 0 saturated carbocycles. The Balaban J connectivity index is 1.84. The summed E-state index contributed by atoms with van der Waals surface area (Å²) in [5.74, 6) is -0.0454. The van der Waals surface area contributed by atoms with Gasteiger partial charge in [0.25, 0.3) is 0 Å². The van der Waals surface area contributed by atoms with Crippen LogP contribution >= 0.6 is 0 Å². The van der Waals surface area contributed by atoms with Crippen molar-refractivity contribution in [2.75, 3.05) is 0 Å². The van der Waals surface area contributed by atoms with E-state index in [9.17, 15) is 9.90 Å². The van der Waals surface area contributed by atoms with E-state index >= 15 is 0 Å². The third-order valence-electron chi connectivity index (χ3n) is 4.70. The molecule has 2 aromatic rings. The van der Waals surface area contributed by atoms with Gasteiger partial charge in [-0.1, -0.05) is 67.6 Å². The van der Waals surface area contributed by atoms with Crippen molar-refractivity contribution in [1.29, 1.82) is 0 Å². The lowest BCUT2D eigenvalue weighted by Gasteiger charge is -2.36. The maximum absolute atomic E-state index is 11.9. The van der Waals surface area contributed by atoms with Crippen LogP contribution in [0.4, 0.5) is 0 Å². The Bertz CT molecular complexity index is 721. The molecule has 0 bridgehead atoms. The molecule has 3 nitrogen and oxygen atoms in total. The maximum atomic E-state index is 11.9. The van der Waals surface area contributed by atoms with Crippen LogP contribution in [-0.4, -0.2) is 11.1 Å². The predicted octanol–water partition coefficient (Wildman–Crippen LogP) is 4.85. The van der Waals surface area contributed by atoms with Crippen molar-refractivity contribution in [3.8, 4) is 0 Å². The maximum Gasteiger partial charge on any atom is 0.335 e. The fraction of sp³-hybridized carbons (Fsp3) is 0.286. The van der Waals surface area contributed by atoms with Crippen molar-refractivity contribution in [2.24, 2.45) is 0 Å². The first-order chi connectivity index (χ1) is 11.6. The van der Waals surface area contributed by atoms with Crippen LogP contribution in [0.15, 0.2) is 72.5 Å². The first kappa shape index (κ1) is 16.3. The van der Waals surface area contributed by atoms with E-state index in [4.69, 9.17) is 4.74 Å². The van der Waals surface area contributed by atoms with Gasteiger partial charge >= 0.3 is 5.97 Å². The van der Waals surface area contributed by atoms with E-state index in [1.807, 2.05) is 48.5 Å². The van der Waals surface area contributed by atoms with Gasteiger partial charge in [-0.15, -0.1) is 0 Å². The summed E-state index contributed by atoms with van der Waals surface area (Å²) in [7, 11) is 0. The Hall–Kier alpha value is -2.55. The average molecular weight is 322 g/mol. The minimum absolute atomic E-state index is 0.0856. The van der Waals surface area contributed by atoms with Gasteiger partial charge in [-0.3, -0.25) is 0 Å². The largest absolute Gasteiger partial charge is 0.512 e. The van der Waals surface area contributed by atoms with Gasteiger partial charge in [0, 0.05) is 6.42 Å². The number of rotatable bonds is 5. The van der Waals surface area contributed by atoms with Crippen LogP contribution in [0, 0.1) is 0 Å². The minimum Gasteiger partial charge on any atom is -0.512 e. The molecule has 0 fully saturated rings. The molecule has 0 spiro atoms. The summed E-state index contributed by atoms with van der Waals surface area (Å²) in [5.41, 5.74) is 1.40. The topological polar surface area (TPSA) is 46.5 Å². The molecule has 3 heteroatoms. The third kappa shape index (κ3) is 3.51. The number of hydrogen-bond acceptors (Lipinski definition) is 3. The second kappa shape index (κ2) is 6.91. The van der Waals surface area contributed by atoms with Gasteiger partial charge in [0.2, 0.25) is 0 Å². The molecule has 0 aliphatic carbocycles. The molecule has 1 aliphatic rings. The van der Waals surface area contributed by atoms with Crippen molar-refractivity contribution in [3.05, 3.63) is 83.6 Å². The van der Waals surface area contributed by atoms with Crippen molar-refractivity contribution in [3.63, 3.8) is 0 Å². The van der Waals surface area contributed by atoms with Gasteiger partial charge in [0.15, 0.2) is 0 Å². The van der Waals surface area contributed by atoms with E-state index in [1.165, 1.54) is 11.6 Å². The summed E-state index contributed by atoms with van der Waals surface area (Å²) in [6.07, 6.45) is 3.02. The molecule has 2 atom stereocenters. The standard InChI is InChI=1S/C21H22O3/c1-16(17-8-4-2-5-9-17)12-13-21(18-10-6-3-7-11-18)15-19(22)14-20(23)24-21/h2-11,14,16,22H,12-13,15H2,1H3. The molecule has 0 aromatic heterocycles. The molecule has 0 radical (unpaired) electrons. The fourth-order valence-electron chi connectivity index (χ4n) is 3.32. The van der Waals surface area contributed by atoms with Crippen LogP contribution in [-0.2, 0) is 15.1 Å². The summed E-state index contributed by atoms with van der Waals surface area (Å²) in [6, 6.07) is 20.0. The van der Waals surface area contributed by atoms with Crippen LogP contribution in [0.3, 0.4) is 0 Å². The Morgan fingerprint density at radius 1 is 1.08 bits per heavy atom. The number of aliphatic hydroxyl groups excluding tert-OH is 1. The van der Waals surface area contributed by atoms with Gasteiger partial charge in [-0.25, -0.2) is 4.79 Å². The number of aliphatic hydroxyl groups is 1. The van der Waals surface area contributed by atoms with E-state index in [2.05, 4.69) is 19.1 Å². The van der Waals surface area contributed by atoms with Crippen molar-refractivity contribution >= 4 is 5.97 Å². The molecule has 1 aliphatic heterocycles. The molecule has 124 valence electrons. The van der Waals surface area contributed by atoms with E-state index in [0.717, 1.165) is 12.0 Å². The Morgan fingerprint density at radius 3 is 2.33 bits per heavy atom. The molecular weight excluding hydrogens is 300 g/mol. The Morgan fingerprint density at radius 2 is 1.71 bits per heavy atom. The van der Waals surface area contributed by atoms with Crippen molar-refractivity contribution < 1.29 is 14.6 Å². The van der Waals surface area contributed by atoms with E-state index in [1.54, 1.807) is 0 Å². The lowest BCUT2D eigenvalue weighted by Crippen LogP contribution is -2.36. The third-order valence-corrected chi connectivity index (χ3v) is 4.70. The average Bonchev–Trinajstić information content (AvgIpc) is 2.60. The Labute approximate surface area is 142 Å². The summed E-state index contributed by atoms with van der Waals surface area (Å²) in [4.78, 5) is 11.9. The highest BCUT2D eigenvalue weighted by Gasteiger charge is 2.40. The molecule has 3 rings (SSSR count). The van der Waals surface area contributed by atoms with E-state index in [-0.39, 0.29) is 5.76 Å². The number of cyclic esters (lactones) is 1. The number of esters is 1.